The van der Waals surface area contributed by atoms with Crippen molar-refractivity contribution in [3.05, 3.63) is 12.7 Å². The van der Waals surface area contributed by atoms with Crippen molar-refractivity contribution in [3.63, 3.8) is 0 Å². The lowest BCUT2D eigenvalue weighted by atomic mass is 9.88. The van der Waals surface area contributed by atoms with E-state index in [1.807, 2.05) is 6.92 Å². The van der Waals surface area contributed by atoms with Crippen LogP contribution in [0.4, 0.5) is 0 Å². The van der Waals surface area contributed by atoms with Crippen molar-refractivity contribution in [1.82, 2.24) is 0 Å². The summed E-state index contributed by atoms with van der Waals surface area (Å²) in [6, 6.07) is 0. The van der Waals surface area contributed by atoms with E-state index in [1.54, 1.807) is 6.08 Å². The molecule has 0 aromatic carbocycles. The van der Waals surface area contributed by atoms with Gasteiger partial charge in [-0.2, -0.15) is 0 Å². The number of Topliss-reactive ketones (excluding diaryl/α,β-unsaturated/α-hetero) is 1. The van der Waals surface area contributed by atoms with Gasteiger partial charge in [-0.05, 0) is 19.8 Å². The Hall–Kier alpha value is -0.590. The summed E-state index contributed by atoms with van der Waals surface area (Å²) >= 11 is 0. The highest BCUT2D eigenvalue weighted by Crippen LogP contribution is 2.34. The Kier molecular flexibility index (Phi) is 1.43. The van der Waals surface area contributed by atoms with Gasteiger partial charge in [0.15, 0.2) is 0 Å². The Bertz CT molecular complexity index is 149. The van der Waals surface area contributed by atoms with E-state index in [4.69, 9.17) is 0 Å². The first kappa shape index (κ1) is 6.53. The van der Waals surface area contributed by atoms with Crippen molar-refractivity contribution in [1.29, 1.82) is 0 Å². The normalized spacial score (nSPS) is 35.0. The first-order chi connectivity index (χ1) is 4.19. The minimum Gasteiger partial charge on any atom is -0.299 e. The summed E-state index contributed by atoms with van der Waals surface area (Å²) in [5, 5.41) is 0. The molecule has 1 aliphatic carbocycles. The minimum atomic E-state index is -0.181. The van der Waals surface area contributed by atoms with Crippen LogP contribution in [0.15, 0.2) is 12.7 Å². The Labute approximate surface area is 55.8 Å². The van der Waals surface area contributed by atoms with Gasteiger partial charge in [-0.1, -0.05) is 6.08 Å². The highest BCUT2D eigenvalue weighted by atomic mass is 16.1. The van der Waals surface area contributed by atoms with Crippen LogP contribution in [0.2, 0.25) is 0 Å². The van der Waals surface area contributed by atoms with Crippen molar-refractivity contribution >= 4 is 5.78 Å². The van der Waals surface area contributed by atoms with E-state index in [0.717, 1.165) is 19.3 Å². The summed E-state index contributed by atoms with van der Waals surface area (Å²) in [5.41, 5.74) is -0.181. The second-order valence-electron chi connectivity index (χ2n) is 2.90. The second kappa shape index (κ2) is 1.98. The number of rotatable bonds is 1. The third-order valence-electron chi connectivity index (χ3n) is 2.19. The lowest BCUT2D eigenvalue weighted by molar-refractivity contribution is -0.122. The van der Waals surface area contributed by atoms with E-state index < -0.39 is 0 Å². The summed E-state index contributed by atoms with van der Waals surface area (Å²) in [5.74, 6) is 0.359. The van der Waals surface area contributed by atoms with Gasteiger partial charge in [-0.3, -0.25) is 4.79 Å². The van der Waals surface area contributed by atoms with Crippen LogP contribution in [0.3, 0.4) is 0 Å². The zero-order valence-electron chi connectivity index (χ0n) is 5.81. The molecule has 0 bridgehead atoms. The highest BCUT2D eigenvalue weighted by molar-refractivity contribution is 5.88. The first-order valence-corrected chi connectivity index (χ1v) is 3.36. The molecule has 0 heterocycles. The molecule has 1 aliphatic rings. The van der Waals surface area contributed by atoms with Gasteiger partial charge in [0, 0.05) is 11.8 Å². The van der Waals surface area contributed by atoms with Crippen molar-refractivity contribution < 1.29 is 4.79 Å². The molecule has 1 fully saturated rings. The largest absolute Gasteiger partial charge is 0.299 e. The van der Waals surface area contributed by atoms with Gasteiger partial charge in [0.05, 0.1) is 0 Å². The van der Waals surface area contributed by atoms with E-state index in [9.17, 15) is 4.79 Å². The van der Waals surface area contributed by atoms with E-state index in [1.165, 1.54) is 0 Å². The van der Waals surface area contributed by atoms with Crippen LogP contribution >= 0.6 is 0 Å². The van der Waals surface area contributed by atoms with Crippen LogP contribution in [-0.4, -0.2) is 5.78 Å². The van der Waals surface area contributed by atoms with Crippen LogP contribution in [0, 0.1) is 5.41 Å². The highest BCUT2D eigenvalue weighted by Gasteiger charge is 2.33. The smallest absolute Gasteiger partial charge is 0.142 e. The van der Waals surface area contributed by atoms with Crippen LogP contribution < -0.4 is 0 Å². The van der Waals surface area contributed by atoms with Crippen LogP contribution in [0.25, 0.3) is 0 Å². The summed E-state index contributed by atoms with van der Waals surface area (Å²) in [7, 11) is 0. The number of carbonyl (C=O) groups excluding carboxylic acids is 1. The zero-order chi connectivity index (χ0) is 6.91. The second-order valence-corrected chi connectivity index (χ2v) is 2.90. The van der Waals surface area contributed by atoms with Gasteiger partial charge in [-0.25, -0.2) is 0 Å². The van der Waals surface area contributed by atoms with E-state index >= 15 is 0 Å². The Morgan fingerprint density at radius 2 is 2.44 bits per heavy atom. The molecule has 0 saturated heterocycles. The van der Waals surface area contributed by atoms with Gasteiger partial charge in [-0.15, -0.1) is 6.58 Å². The number of ketones is 1. The maximum atomic E-state index is 11.1. The van der Waals surface area contributed by atoms with E-state index in [2.05, 4.69) is 6.58 Å². The molecule has 0 amide bonds. The lowest BCUT2D eigenvalue weighted by Crippen LogP contribution is -2.17. The molecule has 1 rings (SSSR count). The van der Waals surface area contributed by atoms with Gasteiger partial charge >= 0.3 is 0 Å². The molecule has 1 heteroatoms. The molecular weight excluding hydrogens is 112 g/mol. The van der Waals surface area contributed by atoms with Gasteiger partial charge in [0.1, 0.15) is 5.78 Å². The number of carbonyl (C=O) groups is 1. The van der Waals surface area contributed by atoms with Gasteiger partial charge < -0.3 is 0 Å². The fraction of sp³-hybridized carbons (Fsp3) is 0.625. The summed E-state index contributed by atoms with van der Waals surface area (Å²) in [6.45, 7) is 5.61. The van der Waals surface area contributed by atoms with Crippen molar-refractivity contribution in [2.45, 2.75) is 26.2 Å². The predicted molar refractivity (Wildman–Crippen MR) is 37.2 cm³/mol. The molecule has 1 atom stereocenters. The number of hydrogen-bond donors (Lipinski definition) is 0. The molecule has 0 aliphatic heterocycles. The monoisotopic (exact) mass is 124 g/mol. The Morgan fingerprint density at radius 3 is 2.67 bits per heavy atom. The molecular formula is C8H12O. The molecule has 0 N–H and O–H groups in total. The molecule has 0 unspecified atom stereocenters. The summed E-state index contributed by atoms with van der Waals surface area (Å²) in [6.07, 6.45) is 4.57. The topological polar surface area (TPSA) is 17.1 Å². The molecule has 0 spiro atoms. The standard InChI is InChI=1S/C8H12O/c1-3-8(2)6-4-5-7(8)9/h3H,1,4-6H2,2H3/t8-/m1/s1. The number of allylic oxidation sites excluding steroid dienone is 1. The van der Waals surface area contributed by atoms with E-state index in [0.29, 0.717) is 5.78 Å². The molecule has 0 aromatic rings. The molecule has 1 nitrogen and oxygen atoms in total. The first-order valence-electron chi connectivity index (χ1n) is 3.36. The van der Waals surface area contributed by atoms with Crippen molar-refractivity contribution in [2.24, 2.45) is 5.41 Å². The Balaban J connectivity index is 2.78. The summed E-state index contributed by atoms with van der Waals surface area (Å²) < 4.78 is 0. The maximum absolute atomic E-state index is 11.1. The number of hydrogen-bond acceptors (Lipinski definition) is 1. The van der Waals surface area contributed by atoms with Crippen LogP contribution in [-0.2, 0) is 4.79 Å². The third-order valence-corrected chi connectivity index (χ3v) is 2.19. The summed E-state index contributed by atoms with van der Waals surface area (Å²) in [4.78, 5) is 11.1. The quantitative estimate of drug-likeness (QED) is 0.488. The SMILES string of the molecule is C=C[C@]1(C)CCCC1=O. The average molecular weight is 124 g/mol. The van der Waals surface area contributed by atoms with E-state index in [-0.39, 0.29) is 5.41 Å². The molecule has 50 valence electrons. The van der Waals surface area contributed by atoms with Gasteiger partial charge in [0.25, 0.3) is 0 Å². The van der Waals surface area contributed by atoms with Crippen LogP contribution in [0.1, 0.15) is 26.2 Å². The fourth-order valence-corrected chi connectivity index (χ4v) is 1.26. The predicted octanol–water partition coefficient (Wildman–Crippen LogP) is 1.93. The Morgan fingerprint density at radius 1 is 1.78 bits per heavy atom. The van der Waals surface area contributed by atoms with Crippen molar-refractivity contribution in [2.75, 3.05) is 0 Å². The molecule has 9 heavy (non-hydrogen) atoms. The minimum absolute atomic E-state index is 0.181. The molecule has 1 saturated carbocycles. The fourth-order valence-electron chi connectivity index (χ4n) is 1.26. The van der Waals surface area contributed by atoms with Gasteiger partial charge in [0.2, 0.25) is 0 Å². The van der Waals surface area contributed by atoms with Crippen molar-refractivity contribution in [3.8, 4) is 0 Å². The third kappa shape index (κ3) is 0.913. The lowest BCUT2D eigenvalue weighted by Gasteiger charge is -2.14. The maximum Gasteiger partial charge on any atom is 0.142 e. The molecule has 0 aromatic heterocycles. The van der Waals surface area contributed by atoms with Crippen LogP contribution in [0.5, 0.6) is 0 Å². The molecule has 0 radical (unpaired) electrons. The zero-order valence-corrected chi connectivity index (χ0v) is 5.81. The average Bonchev–Trinajstić information content (AvgIpc) is 2.15.